The van der Waals surface area contributed by atoms with Crippen molar-refractivity contribution in [1.82, 2.24) is 4.90 Å². The number of likely N-dealkylation sites (N-methyl/N-ethyl adjacent to an activating group) is 1. The van der Waals surface area contributed by atoms with Crippen LogP contribution >= 0.6 is 12.4 Å². The van der Waals surface area contributed by atoms with Crippen LogP contribution in [0.2, 0.25) is 0 Å². The Morgan fingerprint density at radius 2 is 1.86 bits per heavy atom. The molecule has 0 bridgehead atoms. The standard InChI is InChI=1S/C10H13NO2.ClH/c1-11(2)8-10(12)13-9-6-4-3-5-7-9;/h3-7H,8H2,1-2H3;1H. The molecule has 0 radical (unpaired) electrons. The summed E-state index contributed by atoms with van der Waals surface area (Å²) in [5.41, 5.74) is 0. The lowest BCUT2D eigenvalue weighted by molar-refractivity contribution is -0.135. The van der Waals surface area contributed by atoms with E-state index in [1.165, 1.54) is 0 Å². The van der Waals surface area contributed by atoms with Crippen molar-refractivity contribution in [3.05, 3.63) is 30.3 Å². The number of carbonyl (C=O) groups is 1. The Morgan fingerprint density at radius 3 is 2.36 bits per heavy atom. The average Bonchev–Trinajstić information content (AvgIpc) is 2.04. The van der Waals surface area contributed by atoms with E-state index in [1.807, 2.05) is 32.3 Å². The van der Waals surface area contributed by atoms with Gasteiger partial charge in [0.2, 0.25) is 0 Å². The lowest BCUT2D eigenvalue weighted by Crippen LogP contribution is -2.25. The van der Waals surface area contributed by atoms with Gasteiger partial charge in [-0.2, -0.15) is 0 Å². The first-order valence-corrected chi connectivity index (χ1v) is 4.09. The molecule has 78 valence electrons. The van der Waals surface area contributed by atoms with E-state index in [-0.39, 0.29) is 18.4 Å². The van der Waals surface area contributed by atoms with E-state index in [4.69, 9.17) is 4.74 Å². The van der Waals surface area contributed by atoms with Crippen molar-refractivity contribution in [3.63, 3.8) is 0 Å². The molecule has 0 heterocycles. The number of ether oxygens (including phenoxy) is 1. The summed E-state index contributed by atoms with van der Waals surface area (Å²) in [6.45, 7) is 0.300. The zero-order valence-corrected chi connectivity index (χ0v) is 9.08. The molecule has 1 aromatic carbocycles. The summed E-state index contributed by atoms with van der Waals surface area (Å²) in [6, 6.07) is 9.06. The van der Waals surface area contributed by atoms with E-state index in [0.29, 0.717) is 12.3 Å². The summed E-state index contributed by atoms with van der Waals surface area (Å²) in [4.78, 5) is 12.9. The van der Waals surface area contributed by atoms with Crippen LogP contribution in [-0.4, -0.2) is 31.5 Å². The van der Waals surface area contributed by atoms with Gasteiger partial charge in [-0.05, 0) is 26.2 Å². The normalized spacial score (nSPS) is 9.36. The van der Waals surface area contributed by atoms with Crippen molar-refractivity contribution in [3.8, 4) is 5.75 Å². The SMILES string of the molecule is CN(C)CC(=O)Oc1ccccc1.Cl. The molecule has 4 heteroatoms. The zero-order chi connectivity index (χ0) is 9.68. The van der Waals surface area contributed by atoms with Crippen molar-refractivity contribution in [1.29, 1.82) is 0 Å². The third-order valence-corrected chi connectivity index (χ3v) is 1.42. The first-order valence-electron chi connectivity index (χ1n) is 4.09. The largest absolute Gasteiger partial charge is 0.426 e. The average molecular weight is 216 g/mol. The number of esters is 1. The topological polar surface area (TPSA) is 29.5 Å². The highest BCUT2D eigenvalue weighted by Crippen LogP contribution is 2.08. The number of nitrogens with zero attached hydrogens (tertiary/aromatic N) is 1. The summed E-state index contributed by atoms with van der Waals surface area (Å²) in [5, 5.41) is 0. The Morgan fingerprint density at radius 1 is 1.29 bits per heavy atom. The minimum Gasteiger partial charge on any atom is -0.426 e. The number of carbonyl (C=O) groups excluding carboxylic acids is 1. The zero-order valence-electron chi connectivity index (χ0n) is 8.27. The van der Waals surface area contributed by atoms with Crippen molar-refractivity contribution in [2.75, 3.05) is 20.6 Å². The number of para-hydroxylation sites is 1. The smallest absolute Gasteiger partial charge is 0.325 e. The molecule has 0 aromatic heterocycles. The second-order valence-electron chi connectivity index (χ2n) is 3.02. The molecular weight excluding hydrogens is 202 g/mol. The molecule has 14 heavy (non-hydrogen) atoms. The molecule has 1 aromatic rings. The maximum atomic E-state index is 11.2. The van der Waals surface area contributed by atoms with Gasteiger partial charge in [0.25, 0.3) is 0 Å². The summed E-state index contributed by atoms with van der Waals surface area (Å²) < 4.78 is 5.04. The molecule has 0 N–H and O–H groups in total. The lowest BCUT2D eigenvalue weighted by atomic mass is 10.3. The molecule has 0 spiro atoms. The third kappa shape index (κ3) is 4.84. The van der Waals surface area contributed by atoms with Crippen LogP contribution in [0.15, 0.2) is 30.3 Å². The molecule has 0 unspecified atom stereocenters. The van der Waals surface area contributed by atoms with Crippen LogP contribution in [0.1, 0.15) is 0 Å². The lowest BCUT2D eigenvalue weighted by Gasteiger charge is -2.08. The van der Waals surface area contributed by atoms with Gasteiger partial charge in [0.15, 0.2) is 0 Å². The number of rotatable bonds is 3. The fourth-order valence-electron chi connectivity index (χ4n) is 0.910. The highest BCUT2D eigenvalue weighted by molar-refractivity contribution is 5.85. The van der Waals surface area contributed by atoms with Crippen molar-refractivity contribution in [2.24, 2.45) is 0 Å². The Balaban J connectivity index is 0.00000169. The van der Waals surface area contributed by atoms with Crippen molar-refractivity contribution in [2.45, 2.75) is 0 Å². The van der Waals surface area contributed by atoms with E-state index in [9.17, 15) is 4.79 Å². The highest BCUT2D eigenvalue weighted by Gasteiger charge is 2.04. The third-order valence-electron chi connectivity index (χ3n) is 1.42. The van der Waals surface area contributed by atoms with Gasteiger partial charge in [-0.15, -0.1) is 12.4 Å². The minimum absolute atomic E-state index is 0. The van der Waals surface area contributed by atoms with E-state index in [1.54, 1.807) is 17.0 Å². The number of halogens is 1. The van der Waals surface area contributed by atoms with Gasteiger partial charge >= 0.3 is 5.97 Å². The van der Waals surface area contributed by atoms with Crippen molar-refractivity contribution >= 4 is 18.4 Å². The Bertz CT molecular complexity index is 275. The monoisotopic (exact) mass is 215 g/mol. The van der Waals surface area contributed by atoms with E-state index >= 15 is 0 Å². The molecule has 0 amide bonds. The molecule has 0 atom stereocenters. The number of hydrogen-bond donors (Lipinski definition) is 0. The molecule has 0 fully saturated rings. The maximum Gasteiger partial charge on any atom is 0.325 e. The van der Waals surface area contributed by atoms with Gasteiger partial charge in [0, 0.05) is 0 Å². The molecular formula is C10H14ClNO2. The van der Waals surface area contributed by atoms with E-state index in [0.717, 1.165) is 0 Å². The molecule has 0 aliphatic heterocycles. The van der Waals surface area contributed by atoms with Crippen molar-refractivity contribution < 1.29 is 9.53 Å². The summed E-state index contributed by atoms with van der Waals surface area (Å²) in [6.07, 6.45) is 0. The van der Waals surface area contributed by atoms with Gasteiger partial charge in [0.1, 0.15) is 5.75 Å². The Labute approximate surface area is 90.1 Å². The fraction of sp³-hybridized carbons (Fsp3) is 0.300. The highest BCUT2D eigenvalue weighted by atomic mass is 35.5. The van der Waals surface area contributed by atoms with E-state index < -0.39 is 0 Å². The summed E-state index contributed by atoms with van der Waals surface area (Å²) in [7, 11) is 3.65. The number of benzene rings is 1. The Kier molecular flexibility index (Phi) is 5.92. The summed E-state index contributed by atoms with van der Waals surface area (Å²) >= 11 is 0. The van der Waals surface area contributed by atoms with Gasteiger partial charge in [-0.1, -0.05) is 18.2 Å². The Hall–Kier alpha value is -1.06. The predicted molar refractivity (Wildman–Crippen MR) is 57.9 cm³/mol. The van der Waals surface area contributed by atoms with Crippen LogP contribution in [0.3, 0.4) is 0 Å². The van der Waals surface area contributed by atoms with Crippen LogP contribution in [0, 0.1) is 0 Å². The summed E-state index contributed by atoms with van der Waals surface area (Å²) in [5.74, 6) is 0.352. The first-order chi connectivity index (χ1) is 6.18. The van der Waals surface area contributed by atoms with Crippen LogP contribution < -0.4 is 4.74 Å². The number of hydrogen-bond acceptors (Lipinski definition) is 3. The van der Waals surface area contributed by atoms with Gasteiger partial charge in [0.05, 0.1) is 6.54 Å². The maximum absolute atomic E-state index is 11.2. The second-order valence-corrected chi connectivity index (χ2v) is 3.02. The second kappa shape index (κ2) is 6.40. The van der Waals surface area contributed by atoms with Gasteiger partial charge in [-0.3, -0.25) is 9.69 Å². The van der Waals surface area contributed by atoms with Gasteiger partial charge in [-0.25, -0.2) is 0 Å². The molecule has 0 saturated heterocycles. The van der Waals surface area contributed by atoms with Crippen LogP contribution in [0.5, 0.6) is 5.75 Å². The molecule has 0 saturated carbocycles. The predicted octanol–water partition coefficient (Wildman–Crippen LogP) is 1.58. The minimum atomic E-state index is -0.240. The molecule has 1 rings (SSSR count). The van der Waals surface area contributed by atoms with E-state index in [2.05, 4.69) is 0 Å². The van der Waals surface area contributed by atoms with Crippen LogP contribution in [0.4, 0.5) is 0 Å². The molecule has 0 aliphatic rings. The van der Waals surface area contributed by atoms with Crippen LogP contribution in [0.25, 0.3) is 0 Å². The molecule has 0 aliphatic carbocycles. The fourth-order valence-corrected chi connectivity index (χ4v) is 0.910. The van der Waals surface area contributed by atoms with Crippen LogP contribution in [-0.2, 0) is 4.79 Å². The van der Waals surface area contributed by atoms with Gasteiger partial charge < -0.3 is 4.74 Å². The first kappa shape index (κ1) is 12.9. The molecule has 3 nitrogen and oxygen atoms in total. The quantitative estimate of drug-likeness (QED) is 0.567.